The predicted octanol–water partition coefficient (Wildman–Crippen LogP) is 1.88. The van der Waals surface area contributed by atoms with E-state index in [9.17, 15) is 4.79 Å². The molecule has 156 valence electrons. The number of ether oxygens (including phenoxy) is 1. The maximum atomic E-state index is 12.7. The van der Waals surface area contributed by atoms with Gasteiger partial charge in [-0.2, -0.15) is 0 Å². The number of hydrogen-bond acceptors (Lipinski definition) is 7. The third kappa shape index (κ3) is 4.63. The number of carbonyl (C=O) groups excluding carboxylic acids is 1. The van der Waals surface area contributed by atoms with Crippen LogP contribution >= 0.6 is 0 Å². The van der Waals surface area contributed by atoms with Crippen LogP contribution in [0.2, 0.25) is 0 Å². The second-order valence-corrected chi connectivity index (χ2v) is 7.09. The Hall–Kier alpha value is -3.96. The molecule has 31 heavy (non-hydrogen) atoms. The summed E-state index contributed by atoms with van der Waals surface area (Å²) in [5, 5.41) is 0. The second kappa shape index (κ2) is 8.81. The lowest BCUT2D eigenvalue weighted by Gasteiger charge is -2.26. The number of rotatable bonds is 2. The van der Waals surface area contributed by atoms with Crippen molar-refractivity contribution < 1.29 is 9.53 Å². The zero-order valence-corrected chi connectivity index (χ0v) is 17.1. The van der Waals surface area contributed by atoms with Crippen LogP contribution in [-0.2, 0) is 4.74 Å². The van der Waals surface area contributed by atoms with Crippen LogP contribution in [0.5, 0.6) is 0 Å². The number of carbonyl (C=O) groups is 1. The Balaban J connectivity index is 1.66. The molecule has 0 spiro atoms. The van der Waals surface area contributed by atoms with Gasteiger partial charge in [-0.15, -0.1) is 0 Å². The highest BCUT2D eigenvalue weighted by atomic mass is 16.5. The Kier molecular flexibility index (Phi) is 5.78. The van der Waals surface area contributed by atoms with E-state index in [1.807, 2.05) is 19.1 Å². The normalized spacial score (nSPS) is 13.4. The molecular weight excluding hydrogens is 392 g/mol. The fourth-order valence-electron chi connectivity index (χ4n) is 3.29. The zero-order chi connectivity index (χ0) is 21.8. The molecule has 3 aromatic rings. The second-order valence-electron chi connectivity index (χ2n) is 7.09. The average Bonchev–Trinajstić information content (AvgIpc) is 2.79. The standard InChI is InChI=1S/C23H22N6O2/c1-15-19(8-2-16-3-9-20(24)26-14-16)21(28-23(25)27-15)17-4-6-18(7-5-17)22(30)29-10-12-31-13-11-29/h3-7,9,14H,10-13H2,1H3,(H2,24,26)(H2,25,27,28). The fraction of sp³-hybridized carbons (Fsp3) is 0.217. The number of morpholine rings is 1. The predicted molar refractivity (Wildman–Crippen MR) is 118 cm³/mol. The minimum Gasteiger partial charge on any atom is -0.384 e. The molecule has 0 radical (unpaired) electrons. The van der Waals surface area contributed by atoms with Crippen molar-refractivity contribution in [3.8, 4) is 23.1 Å². The molecule has 1 fully saturated rings. The van der Waals surface area contributed by atoms with Crippen molar-refractivity contribution in [3.63, 3.8) is 0 Å². The number of nitrogens with zero attached hydrogens (tertiary/aromatic N) is 4. The van der Waals surface area contributed by atoms with Gasteiger partial charge in [-0.1, -0.05) is 24.0 Å². The SMILES string of the molecule is Cc1nc(N)nc(-c2ccc(C(=O)N3CCOCC3)cc2)c1C#Cc1ccc(N)nc1. The summed E-state index contributed by atoms with van der Waals surface area (Å²) in [6, 6.07) is 10.8. The molecule has 1 aromatic carbocycles. The van der Waals surface area contributed by atoms with Gasteiger partial charge in [0.15, 0.2) is 0 Å². The van der Waals surface area contributed by atoms with Crippen LogP contribution < -0.4 is 11.5 Å². The van der Waals surface area contributed by atoms with Crippen molar-refractivity contribution in [3.05, 3.63) is 65.0 Å². The molecule has 8 nitrogen and oxygen atoms in total. The molecule has 1 aliphatic heterocycles. The lowest BCUT2D eigenvalue weighted by molar-refractivity contribution is 0.0303. The highest BCUT2D eigenvalue weighted by Gasteiger charge is 2.19. The van der Waals surface area contributed by atoms with E-state index in [-0.39, 0.29) is 11.9 Å². The maximum absolute atomic E-state index is 12.7. The summed E-state index contributed by atoms with van der Waals surface area (Å²) in [6.07, 6.45) is 1.61. The number of anilines is 2. The molecule has 1 amide bonds. The van der Waals surface area contributed by atoms with E-state index in [2.05, 4.69) is 26.8 Å². The van der Waals surface area contributed by atoms with E-state index >= 15 is 0 Å². The van der Waals surface area contributed by atoms with Crippen LogP contribution in [0.1, 0.15) is 27.2 Å². The molecule has 0 aliphatic carbocycles. The highest BCUT2D eigenvalue weighted by Crippen LogP contribution is 2.25. The molecule has 3 heterocycles. The topological polar surface area (TPSA) is 120 Å². The third-order valence-electron chi connectivity index (χ3n) is 4.93. The molecule has 0 unspecified atom stereocenters. The zero-order valence-electron chi connectivity index (χ0n) is 17.1. The summed E-state index contributed by atoms with van der Waals surface area (Å²) in [5.74, 6) is 6.79. The van der Waals surface area contributed by atoms with Gasteiger partial charge in [-0.3, -0.25) is 4.79 Å². The van der Waals surface area contributed by atoms with Gasteiger partial charge in [0.1, 0.15) is 5.82 Å². The first-order valence-corrected chi connectivity index (χ1v) is 9.86. The first-order valence-electron chi connectivity index (χ1n) is 9.86. The lowest BCUT2D eigenvalue weighted by atomic mass is 10.0. The minimum atomic E-state index is -0.0101. The Morgan fingerprint density at radius 3 is 2.45 bits per heavy atom. The fourth-order valence-corrected chi connectivity index (χ4v) is 3.29. The molecular formula is C23H22N6O2. The molecule has 1 aliphatic rings. The van der Waals surface area contributed by atoms with Gasteiger partial charge in [-0.05, 0) is 31.2 Å². The van der Waals surface area contributed by atoms with Crippen LogP contribution in [0.25, 0.3) is 11.3 Å². The average molecular weight is 414 g/mol. The van der Waals surface area contributed by atoms with Gasteiger partial charge >= 0.3 is 0 Å². The van der Waals surface area contributed by atoms with Gasteiger partial charge in [-0.25, -0.2) is 15.0 Å². The van der Waals surface area contributed by atoms with E-state index in [1.54, 1.807) is 35.4 Å². The van der Waals surface area contributed by atoms with E-state index in [0.29, 0.717) is 54.6 Å². The summed E-state index contributed by atoms with van der Waals surface area (Å²) in [6.45, 7) is 4.16. The number of aryl methyl sites for hydroxylation is 1. The molecule has 4 rings (SSSR count). The van der Waals surface area contributed by atoms with E-state index in [0.717, 1.165) is 11.1 Å². The minimum absolute atomic E-state index is 0.0101. The van der Waals surface area contributed by atoms with E-state index < -0.39 is 0 Å². The van der Waals surface area contributed by atoms with Crippen molar-refractivity contribution in [2.45, 2.75) is 6.92 Å². The van der Waals surface area contributed by atoms with E-state index in [1.165, 1.54) is 0 Å². The summed E-state index contributed by atoms with van der Waals surface area (Å²) < 4.78 is 5.32. The first kappa shape index (κ1) is 20.3. The largest absolute Gasteiger partial charge is 0.384 e. The Labute approximate surface area is 180 Å². The van der Waals surface area contributed by atoms with Gasteiger partial charge in [0.25, 0.3) is 5.91 Å². The Bertz CT molecular complexity index is 1160. The number of aromatic nitrogens is 3. The van der Waals surface area contributed by atoms with Crippen LogP contribution in [-0.4, -0.2) is 52.1 Å². The monoisotopic (exact) mass is 414 g/mol. The number of pyridine rings is 1. The van der Waals surface area contributed by atoms with E-state index in [4.69, 9.17) is 16.2 Å². The molecule has 0 bridgehead atoms. The Morgan fingerprint density at radius 1 is 1.03 bits per heavy atom. The summed E-state index contributed by atoms with van der Waals surface area (Å²) in [5.41, 5.74) is 15.6. The van der Waals surface area contributed by atoms with Crippen molar-refractivity contribution in [1.82, 2.24) is 19.9 Å². The van der Waals surface area contributed by atoms with Gasteiger partial charge in [0.2, 0.25) is 5.95 Å². The molecule has 8 heteroatoms. The van der Waals surface area contributed by atoms with Gasteiger partial charge in [0.05, 0.1) is 30.2 Å². The number of nitrogens with two attached hydrogens (primary N) is 2. The third-order valence-corrected chi connectivity index (χ3v) is 4.93. The number of benzene rings is 1. The highest BCUT2D eigenvalue weighted by molar-refractivity contribution is 5.94. The quantitative estimate of drug-likeness (QED) is 0.614. The molecule has 2 aromatic heterocycles. The lowest BCUT2D eigenvalue weighted by Crippen LogP contribution is -2.40. The maximum Gasteiger partial charge on any atom is 0.254 e. The number of nitrogen functional groups attached to an aromatic ring is 2. The van der Waals surface area contributed by atoms with Crippen molar-refractivity contribution in [2.24, 2.45) is 0 Å². The van der Waals surface area contributed by atoms with Crippen LogP contribution in [0.15, 0.2) is 42.6 Å². The summed E-state index contributed by atoms with van der Waals surface area (Å²) >= 11 is 0. The van der Waals surface area contributed by atoms with Crippen molar-refractivity contribution in [1.29, 1.82) is 0 Å². The number of amides is 1. The summed E-state index contributed by atoms with van der Waals surface area (Å²) in [7, 11) is 0. The molecule has 0 atom stereocenters. The van der Waals surface area contributed by atoms with Crippen molar-refractivity contribution >= 4 is 17.7 Å². The smallest absolute Gasteiger partial charge is 0.254 e. The van der Waals surface area contributed by atoms with Gasteiger partial charge in [0, 0.05) is 36.0 Å². The Morgan fingerprint density at radius 2 is 1.77 bits per heavy atom. The molecule has 4 N–H and O–H groups in total. The first-order chi connectivity index (χ1) is 15.0. The van der Waals surface area contributed by atoms with Crippen LogP contribution in [0, 0.1) is 18.8 Å². The van der Waals surface area contributed by atoms with Crippen LogP contribution in [0.3, 0.4) is 0 Å². The van der Waals surface area contributed by atoms with Gasteiger partial charge < -0.3 is 21.1 Å². The molecule has 0 saturated carbocycles. The summed E-state index contributed by atoms with van der Waals surface area (Å²) in [4.78, 5) is 27.2. The van der Waals surface area contributed by atoms with Crippen molar-refractivity contribution in [2.75, 3.05) is 37.8 Å². The van der Waals surface area contributed by atoms with Crippen LogP contribution in [0.4, 0.5) is 11.8 Å². The number of hydrogen-bond donors (Lipinski definition) is 2. The molecule has 1 saturated heterocycles.